The molecule has 0 aliphatic carbocycles. The van der Waals surface area contributed by atoms with E-state index in [2.05, 4.69) is 6.07 Å². The third kappa shape index (κ3) is 2.85. The van der Waals surface area contributed by atoms with Gasteiger partial charge in [-0.15, -0.1) is 0 Å². The van der Waals surface area contributed by atoms with Crippen LogP contribution in [-0.2, 0) is 10.2 Å². The Morgan fingerprint density at radius 2 is 2.00 bits per heavy atom. The second-order valence-corrected chi connectivity index (χ2v) is 4.27. The van der Waals surface area contributed by atoms with E-state index in [0.717, 1.165) is 11.3 Å². The largest absolute Gasteiger partial charge is 0.497 e. The van der Waals surface area contributed by atoms with Gasteiger partial charge in [0.2, 0.25) is 0 Å². The van der Waals surface area contributed by atoms with E-state index in [1.165, 1.54) is 0 Å². The second-order valence-electron chi connectivity index (χ2n) is 4.27. The van der Waals surface area contributed by atoms with Crippen molar-refractivity contribution in [2.24, 2.45) is 0 Å². The molecular formula is C14H17NO2. The number of benzene rings is 1. The summed E-state index contributed by atoms with van der Waals surface area (Å²) in [5, 5.41) is 8.66. The fourth-order valence-corrected chi connectivity index (χ4v) is 1.79. The number of carbonyl (C=O) groups excluding carboxylic acids is 1. The van der Waals surface area contributed by atoms with Gasteiger partial charge in [-0.1, -0.05) is 12.1 Å². The van der Waals surface area contributed by atoms with Crippen molar-refractivity contribution < 1.29 is 9.53 Å². The fraction of sp³-hybridized carbons (Fsp3) is 0.429. The molecule has 1 atom stereocenters. The summed E-state index contributed by atoms with van der Waals surface area (Å²) in [5.74, 6) is 0.845. The first-order chi connectivity index (χ1) is 8.04. The van der Waals surface area contributed by atoms with Crippen LogP contribution in [0.4, 0.5) is 0 Å². The molecule has 1 aromatic carbocycles. The van der Waals surface area contributed by atoms with Gasteiger partial charge >= 0.3 is 0 Å². The maximum absolute atomic E-state index is 11.8. The van der Waals surface area contributed by atoms with Crippen molar-refractivity contribution in [2.45, 2.75) is 32.1 Å². The Hall–Kier alpha value is -1.82. The molecule has 0 bridgehead atoms. The molecule has 0 spiro atoms. The summed E-state index contributed by atoms with van der Waals surface area (Å²) in [6.07, 6.45) is 0.924. The third-order valence-corrected chi connectivity index (χ3v) is 3.24. The minimum Gasteiger partial charge on any atom is -0.497 e. The molecule has 0 amide bonds. The molecule has 0 unspecified atom stereocenters. The van der Waals surface area contributed by atoms with Crippen molar-refractivity contribution in [1.29, 1.82) is 5.26 Å². The van der Waals surface area contributed by atoms with Gasteiger partial charge in [-0.2, -0.15) is 5.26 Å². The Kier molecular flexibility index (Phi) is 4.28. The molecule has 3 heteroatoms. The highest BCUT2D eigenvalue weighted by Crippen LogP contribution is 2.31. The molecule has 1 aromatic rings. The van der Waals surface area contributed by atoms with E-state index in [0.29, 0.717) is 12.8 Å². The lowest BCUT2D eigenvalue weighted by Gasteiger charge is -2.26. The number of Topliss-reactive ketones (excluding diaryl/α,β-unsaturated/α-hetero) is 1. The summed E-state index contributed by atoms with van der Waals surface area (Å²) in [5.41, 5.74) is 0.350. The first kappa shape index (κ1) is 13.2. The smallest absolute Gasteiger partial charge is 0.140 e. The van der Waals surface area contributed by atoms with Gasteiger partial charge in [0.25, 0.3) is 0 Å². The molecule has 0 N–H and O–H groups in total. The molecule has 17 heavy (non-hydrogen) atoms. The monoisotopic (exact) mass is 231 g/mol. The predicted octanol–water partition coefficient (Wildman–Crippen LogP) is 2.85. The van der Waals surface area contributed by atoms with E-state index in [-0.39, 0.29) is 5.78 Å². The van der Waals surface area contributed by atoms with E-state index in [1.54, 1.807) is 14.0 Å². The average Bonchev–Trinajstić information content (AvgIpc) is 2.35. The topological polar surface area (TPSA) is 50.1 Å². The van der Waals surface area contributed by atoms with Gasteiger partial charge in [-0.25, -0.2) is 0 Å². The molecule has 1 rings (SSSR count). The SMILES string of the molecule is COc1ccc([C@](C)(CCC#N)C(C)=O)cc1. The zero-order chi connectivity index (χ0) is 12.9. The zero-order valence-corrected chi connectivity index (χ0v) is 10.5. The lowest BCUT2D eigenvalue weighted by molar-refractivity contribution is -0.122. The molecule has 0 saturated heterocycles. The predicted molar refractivity (Wildman–Crippen MR) is 65.9 cm³/mol. The van der Waals surface area contributed by atoms with Crippen molar-refractivity contribution in [3.05, 3.63) is 29.8 Å². The van der Waals surface area contributed by atoms with E-state index in [4.69, 9.17) is 10.00 Å². The first-order valence-electron chi connectivity index (χ1n) is 5.57. The van der Waals surface area contributed by atoms with Crippen LogP contribution >= 0.6 is 0 Å². The fourth-order valence-electron chi connectivity index (χ4n) is 1.79. The van der Waals surface area contributed by atoms with Crippen LogP contribution in [0.15, 0.2) is 24.3 Å². The number of carbonyl (C=O) groups is 1. The number of ether oxygens (including phenoxy) is 1. The number of hydrogen-bond acceptors (Lipinski definition) is 3. The van der Waals surface area contributed by atoms with E-state index < -0.39 is 5.41 Å². The van der Waals surface area contributed by atoms with Gasteiger partial charge in [-0.3, -0.25) is 4.79 Å². The van der Waals surface area contributed by atoms with Gasteiger partial charge < -0.3 is 4.74 Å². The molecule has 0 aliphatic rings. The number of nitriles is 1. The van der Waals surface area contributed by atoms with E-state index in [9.17, 15) is 4.79 Å². The van der Waals surface area contributed by atoms with Gasteiger partial charge in [0.05, 0.1) is 18.6 Å². The van der Waals surface area contributed by atoms with Crippen molar-refractivity contribution in [2.75, 3.05) is 7.11 Å². The maximum Gasteiger partial charge on any atom is 0.140 e. The van der Waals surface area contributed by atoms with Crippen molar-refractivity contribution >= 4 is 5.78 Å². The lowest BCUT2D eigenvalue weighted by Crippen LogP contribution is -2.30. The van der Waals surface area contributed by atoms with Crippen LogP contribution in [-0.4, -0.2) is 12.9 Å². The summed E-state index contributed by atoms with van der Waals surface area (Å²) in [6, 6.07) is 9.54. The number of rotatable bonds is 5. The third-order valence-electron chi connectivity index (χ3n) is 3.24. The molecule has 0 aliphatic heterocycles. The molecule has 0 aromatic heterocycles. The number of nitrogens with zero attached hydrogens (tertiary/aromatic N) is 1. The zero-order valence-electron chi connectivity index (χ0n) is 10.5. The Morgan fingerprint density at radius 3 is 2.41 bits per heavy atom. The van der Waals surface area contributed by atoms with Crippen LogP contribution in [0.2, 0.25) is 0 Å². The summed E-state index contributed by atoms with van der Waals surface area (Å²) < 4.78 is 5.09. The minimum atomic E-state index is -0.581. The van der Waals surface area contributed by atoms with Crippen LogP contribution in [0.5, 0.6) is 5.75 Å². The molecule has 0 heterocycles. The second kappa shape index (κ2) is 5.49. The Labute approximate surface area is 102 Å². The molecule has 0 fully saturated rings. The van der Waals surface area contributed by atoms with Crippen molar-refractivity contribution in [3.8, 4) is 11.8 Å². The summed E-state index contributed by atoms with van der Waals surface area (Å²) >= 11 is 0. The minimum absolute atomic E-state index is 0.0814. The maximum atomic E-state index is 11.8. The van der Waals surface area contributed by atoms with Crippen molar-refractivity contribution in [3.63, 3.8) is 0 Å². The quantitative estimate of drug-likeness (QED) is 0.783. The highest BCUT2D eigenvalue weighted by molar-refractivity contribution is 5.87. The van der Waals surface area contributed by atoms with Crippen LogP contribution in [0.1, 0.15) is 32.3 Å². The Balaban J connectivity index is 3.05. The molecule has 90 valence electrons. The normalized spacial score (nSPS) is 13.5. The Morgan fingerprint density at radius 1 is 1.41 bits per heavy atom. The Bertz CT molecular complexity index is 431. The highest BCUT2D eigenvalue weighted by Gasteiger charge is 2.31. The molecular weight excluding hydrogens is 214 g/mol. The molecule has 0 saturated carbocycles. The van der Waals surface area contributed by atoms with Crippen LogP contribution < -0.4 is 4.74 Å². The molecule has 0 radical (unpaired) electrons. The highest BCUT2D eigenvalue weighted by atomic mass is 16.5. The summed E-state index contributed by atoms with van der Waals surface area (Å²) in [7, 11) is 1.61. The van der Waals surface area contributed by atoms with E-state index in [1.807, 2.05) is 31.2 Å². The summed E-state index contributed by atoms with van der Waals surface area (Å²) in [4.78, 5) is 11.8. The van der Waals surface area contributed by atoms with Crippen LogP contribution in [0.25, 0.3) is 0 Å². The van der Waals surface area contributed by atoms with Gasteiger partial charge in [0.15, 0.2) is 0 Å². The number of ketones is 1. The number of hydrogen-bond donors (Lipinski definition) is 0. The number of methoxy groups -OCH3 is 1. The van der Waals surface area contributed by atoms with Crippen LogP contribution in [0, 0.1) is 11.3 Å². The van der Waals surface area contributed by atoms with Crippen molar-refractivity contribution in [1.82, 2.24) is 0 Å². The van der Waals surface area contributed by atoms with E-state index >= 15 is 0 Å². The van der Waals surface area contributed by atoms with Gasteiger partial charge in [0, 0.05) is 6.42 Å². The summed E-state index contributed by atoms with van der Waals surface area (Å²) in [6.45, 7) is 3.45. The van der Waals surface area contributed by atoms with Gasteiger partial charge in [-0.05, 0) is 38.0 Å². The lowest BCUT2D eigenvalue weighted by atomic mass is 9.75. The first-order valence-corrected chi connectivity index (χ1v) is 5.57. The average molecular weight is 231 g/mol. The van der Waals surface area contributed by atoms with Crippen LogP contribution in [0.3, 0.4) is 0 Å². The van der Waals surface area contributed by atoms with Gasteiger partial charge in [0.1, 0.15) is 11.5 Å². The standard InChI is InChI=1S/C14H17NO2/c1-11(16)14(2,9-4-10-15)12-5-7-13(17-3)8-6-12/h5-8H,4,9H2,1-3H3/t14-/m1/s1. The molecule has 3 nitrogen and oxygen atoms in total.